The van der Waals surface area contributed by atoms with Crippen molar-refractivity contribution in [2.24, 2.45) is 0 Å². The lowest BCUT2D eigenvalue weighted by Crippen LogP contribution is -2.18. The first-order chi connectivity index (χ1) is 12.8. The van der Waals surface area contributed by atoms with E-state index in [2.05, 4.69) is 17.6 Å². The molecular formula is C21H27ClN2O3. The maximum Gasteiger partial charge on any atom is 0.255 e. The molecule has 0 aliphatic carbocycles. The minimum atomic E-state index is -0.142. The summed E-state index contributed by atoms with van der Waals surface area (Å²) in [7, 11) is 0. The number of nitrogens with one attached hydrogen (secondary N) is 2. The number of hydrogen-bond acceptors (Lipinski definition) is 4. The van der Waals surface area contributed by atoms with Crippen LogP contribution in [0.4, 0.5) is 5.69 Å². The van der Waals surface area contributed by atoms with E-state index in [9.17, 15) is 4.79 Å². The standard InChI is InChI=1S/C21H26N2O3.ClH/c1-2-22-14-17-7-3-4-11-20(17)23-21(24)16-8-5-9-18(13-16)26-15-19-10-6-12-25-19;/h3-5,7-9,11,13,19,22H,2,6,10,12,14-15H2,1H3,(H,23,24);1H. The molecule has 1 aliphatic rings. The Morgan fingerprint density at radius 1 is 1.22 bits per heavy atom. The number of ether oxygens (including phenoxy) is 2. The molecule has 3 rings (SSSR count). The second-order valence-corrected chi connectivity index (χ2v) is 6.37. The van der Waals surface area contributed by atoms with Crippen LogP contribution in [0.25, 0.3) is 0 Å². The second kappa shape index (κ2) is 10.9. The van der Waals surface area contributed by atoms with Gasteiger partial charge in [-0.3, -0.25) is 4.79 Å². The minimum Gasteiger partial charge on any atom is -0.491 e. The number of para-hydroxylation sites is 1. The molecule has 1 heterocycles. The monoisotopic (exact) mass is 390 g/mol. The van der Waals surface area contributed by atoms with Crippen LogP contribution in [0.3, 0.4) is 0 Å². The Labute approximate surface area is 166 Å². The van der Waals surface area contributed by atoms with Gasteiger partial charge in [-0.05, 0) is 49.2 Å². The number of benzene rings is 2. The van der Waals surface area contributed by atoms with Gasteiger partial charge in [0.25, 0.3) is 5.91 Å². The van der Waals surface area contributed by atoms with Crippen molar-refractivity contribution in [3.8, 4) is 5.75 Å². The number of rotatable bonds is 8. The molecule has 0 bridgehead atoms. The van der Waals surface area contributed by atoms with Crippen molar-refractivity contribution in [2.45, 2.75) is 32.4 Å². The summed E-state index contributed by atoms with van der Waals surface area (Å²) in [5.74, 6) is 0.547. The Kier molecular flexibility index (Phi) is 8.58. The summed E-state index contributed by atoms with van der Waals surface area (Å²) < 4.78 is 11.4. The third-order valence-electron chi connectivity index (χ3n) is 4.39. The van der Waals surface area contributed by atoms with Gasteiger partial charge >= 0.3 is 0 Å². The summed E-state index contributed by atoms with van der Waals surface area (Å²) in [5, 5.41) is 6.29. The minimum absolute atomic E-state index is 0. The van der Waals surface area contributed by atoms with E-state index in [1.165, 1.54) is 0 Å². The Hall–Kier alpha value is -2.08. The van der Waals surface area contributed by atoms with Gasteiger partial charge < -0.3 is 20.1 Å². The van der Waals surface area contributed by atoms with Gasteiger partial charge in [-0.25, -0.2) is 0 Å². The smallest absolute Gasteiger partial charge is 0.255 e. The van der Waals surface area contributed by atoms with E-state index in [1.54, 1.807) is 12.1 Å². The zero-order valence-electron chi connectivity index (χ0n) is 15.6. The fourth-order valence-electron chi connectivity index (χ4n) is 2.94. The van der Waals surface area contributed by atoms with Gasteiger partial charge in [-0.2, -0.15) is 0 Å². The van der Waals surface area contributed by atoms with E-state index in [4.69, 9.17) is 9.47 Å². The zero-order chi connectivity index (χ0) is 18.2. The van der Waals surface area contributed by atoms with Gasteiger partial charge in [0.15, 0.2) is 0 Å². The number of carbonyl (C=O) groups excluding carboxylic acids is 1. The summed E-state index contributed by atoms with van der Waals surface area (Å²) in [4.78, 5) is 12.6. The number of amides is 1. The molecule has 1 saturated heterocycles. The van der Waals surface area contributed by atoms with Crippen molar-refractivity contribution >= 4 is 24.0 Å². The van der Waals surface area contributed by atoms with Gasteiger partial charge in [0, 0.05) is 24.4 Å². The van der Waals surface area contributed by atoms with Crippen LogP contribution in [0.5, 0.6) is 5.75 Å². The predicted molar refractivity (Wildman–Crippen MR) is 110 cm³/mol. The molecule has 6 heteroatoms. The maximum absolute atomic E-state index is 12.6. The summed E-state index contributed by atoms with van der Waals surface area (Å²) in [6, 6.07) is 15.1. The lowest BCUT2D eigenvalue weighted by atomic mass is 10.1. The molecule has 146 valence electrons. The molecule has 0 radical (unpaired) electrons. The van der Waals surface area contributed by atoms with E-state index in [0.29, 0.717) is 17.9 Å². The first-order valence-electron chi connectivity index (χ1n) is 9.20. The Balaban J connectivity index is 0.00000261. The van der Waals surface area contributed by atoms with Crippen LogP contribution in [0.15, 0.2) is 48.5 Å². The van der Waals surface area contributed by atoms with Gasteiger partial charge in [0.1, 0.15) is 12.4 Å². The Morgan fingerprint density at radius 2 is 2.07 bits per heavy atom. The van der Waals surface area contributed by atoms with Crippen molar-refractivity contribution in [2.75, 3.05) is 25.1 Å². The number of anilines is 1. The van der Waals surface area contributed by atoms with Crippen LogP contribution in [0.2, 0.25) is 0 Å². The van der Waals surface area contributed by atoms with Crippen LogP contribution in [-0.4, -0.2) is 31.8 Å². The van der Waals surface area contributed by atoms with Crippen LogP contribution in [0, 0.1) is 0 Å². The van der Waals surface area contributed by atoms with E-state index >= 15 is 0 Å². The quantitative estimate of drug-likeness (QED) is 0.714. The zero-order valence-corrected chi connectivity index (χ0v) is 16.4. The highest BCUT2D eigenvalue weighted by atomic mass is 35.5. The van der Waals surface area contributed by atoms with Crippen molar-refractivity contribution in [3.05, 3.63) is 59.7 Å². The second-order valence-electron chi connectivity index (χ2n) is 6.37. The first kappa shape index (κ1) is 21.2. The SMILES string of the molecule is CCNCc1ccccc1NC(=O)c1cccc(OCC2CCCO2)c1.Cl. The highest BCUT2D eigenvalue weighted by molar-refractivity contribution is 6.04. The normalized spacial score (nSPS) is 15.8. The lowest BCUT2D eigenvalue weighted by Gasteiger charge is -2.13. The summed E-state index contributed by atoms with van der Waals surface area (Å²) in [6.45, 7) is 4.99. The maximum atomic E-state index is 12.6. The van der Waals surface area contributed by atoms with Crippen LogP contribution in [-0.2, 0) is 11.3 Å². The molecule has 2 aromatic carbocycles. The summed E-state index contributed by atoms with van der Waals surface area (Å²) >= 11 is 0. The van der Waals surface area contributed by atoms with Crippen molar-refractivity contribution < 1.29 is 14.3 Å². The summed E-state index contributed by atoms with van der Waals surface area (Å²) in [5.41, 5.74) is 2.46. The molecule has 1 amide bonds. The lowest BCUT2D eigenvalue weighted by molar-refractivity contribution is 0.0679. The molecule has 1 atom stereocenters. The van der Waals surface area contributed by atoms with Crippen molar-refractivity contribution in [3.63, 3.8) is 0 Å². The molecule has 2 N–H and O–H groups in total. The van der Waals surface area contributed by atoms with E-state index < -0.39 is 0 Å². The van der Waals surface area contributed by atoms with Crippen LogP contribution >= 0.6 is 12.4 Å². The van der Waals surface area contributed by atoms with E-state index in [1.807, 2.05) is 36.4 Å². The van der Waals surface area contributed by atoms with Crippen molar-refractivity contribution in [1.82, 2.24) is 5.32 Å². The number of carbonyl (C=O) groups is 1. The Bertz CT molecular complexity index is 733. The molecule has 0 aromatic heterocycles. The molecule has 2 aromatic rings. The third kappa shape index (κ3) is 6.24. The topological polar surface area (TPSA) is 59.6 Å². The summed E-state index contributed by atoms with van der Waals surface area (Å²) in [6.07, 6.45) is 2.27. The van der Waals surface area contributed by atoms with Gasteiger partial charge in [0.05, 0.1) is 6.10 Å². The van der Waals surface area contributed by atoms with E-state index in [0.717, 1.165) is 43.8 Å². The van der Waals surface area contributed by atoms with Gasteiger partial charge in [-0.1, -0.05) is 31.2 Å². The number of hydrogen-bond donors (Lipinski definition) is 2. The third-order valence-corrected chi connectivity index (χ3v) is 4.39. The molecule has 1 fully saturated rings. The fraction of sp³-hybridized carbons (Fsp3) is 0.381. The highest BCUT2D eigenvalue weighted by Gasteiger charge is 2.16. The molecule has 5 nitrogen and oxygen atoms in total. The fourth-order valence-corrected chi connectivity index (χ4v) is 2.94. The highest BCUT2D eigenvalue weighted by Crippen LogP contribution is 2.20. The van der Waals surface area contributed by atoms with Crippen molar-refractivity contribution in [1.29, 1.82) is 0 Å². The largest absolute Gasteiger partial charge is 0.491 e. The predicted octanol–water partition coefficient (Wildman–Crippen LogP) is 4.03. The average Bonchev–Trinajstić information content (AvgIpc) is 3.19. The molecular weight excluding hydrogens is 364 g/mol. The van der Waals surface area contributed by atoms with Gasteiger partial charge in [-0.15, -0.1) is 12.4 Å². The first-order valence-corrected chi connectivity index (χ1v) is 9.20. The Morgan fingerprint density at radius 3 is 2.85 bits per heavy atom. The molecule has 1 unspecified atom stereocenters. The van der Waals surface area contributed by atoms with Crippen LogP contribution in [0.1, 0.15) is 35.7 Å². The van der Waals surface area contributed by atoms with E-state index in [-0.39, 0.29) is 24.4 Å². The van der Waals surface area contributed by atoms with Gasteiger partial charge in [0.2, 0.25) is 0 Å². The molecule has 0 saturated carbocycles. The van der Waals surface area contributed by atoms with Crippen LogP contribution < -0.4 is 15.4 Å². The molecule has 1 aliphatic heterocycles. The molecule has 0 spiro atoms. The average molecular weight is 391 g/mol. The molecule has 27 heavy (non-hydrogen) atoms. The number of halogens is 1.